The number of carbonyl (C=O) groups is 1. The maximum absolute atomic E-state index is 14.2. The highest BCUT2D eigenvalue weighted by atomic mass is 19.4. The average molecular weight is 451 g/mol. The van der Waals surface area contributed by atoms with E-state index in [0.29, 0.717) is 23.1 Å². The highest BCUT2D eigenvalue weighted by Crippen LogP contribution is 2.44. The number of amides is 1. The number of hydrogen-bond donors (Lipinski definition) is 1. The van der Waals surface area contributed by atoms with Gasteiger partial charge in [0, 0.05) is 11.9 Å². The molecule has 0 aliphatic carbocycles. The van der Waals surface area contributed by atoms with E-state index in [9.17, 15) is 18.0 Å². The van der Waals surface area contributed by atoms with Crippen LogP contribution in [0.3, 0.4) is 0 Å². The van der Waals surface area contributed by atoms with E-state index in [1.807, 2.05) is 0 Å². The lowest BCUT2D eigenvalue weighted by Gasteiger charge is -2.31. The fourth-order valence-electron chi connectivity index (χ4n) is 4.22. The Labute approximate surface area is 188 Å². The van der Waals surface area contributed by atoms with Gasteiger partial charge in [-0.1, -0.05) is 69.4 Å². The quantitative estimate of drug-likeness (QED) is 0.417. The molecular formula is C25H33F3N2O2. The van der Waals surface area contributed by atoms with E-state index in [4.69, 9.17) is 4.74 Å². The average Bonchev–Trinajstić information content (AvgIpc) is 2.99. The van der Waals surface area contributed by atoms with Crippen LogP contribution in [-0.2, 0) is 4.79 Å². The standard InChI is InChI=1S/C25H33F3N2O2/c1-4-5-6-7-8-11-16-32-21-15-14-20(18-12-9-10-13-19(18)21)22(25(26,27)28)30-17-24(2,3)23(31)29-30/h9-10,12-15,22H,4-8,11,16-17H2,1-3H3,(H,29,31)/t22-/m0/s1. The second kappa shape index (κ2) is 10.1. The Hall–Kier alpha value is -2.28. The third-order valence-corrected chi connectivity index (χ3v) is 6.02. The van der Waals surface area contributed by atoms with Crippen molar-refractivity contribution in [1.29, 1.82) is 0 Å². The smallest absolute Gasteiger partial charge is 0.409 e. The first-order valence-electron chi connectivity index (χ1n) is 11.4. The molecule has 1 aliphatic heterocycles. The summed E-state index contributed by atoms with van der Waals surface area (Å²) < 4.78 is 48.6. The first-order chi connectivity index (χ1) is 15.1. The summed E-state index contributed by atoms with van der Waals surface area (Å²) in [4.78, 5) is 12.2. The predicted molar refractivity (Wildman–Crippen MR) is 120 cm³/mol. The molecule has 1 aliphatic rings. The summed E-state index contributed by atoms with van der Waals surface area (Å²) >= 11 is 0. The molecule has 1 amide bonds. The summed E-state index contributed by atoms with van der Waals surface area (Å²) in [7, 11) is 0. The molecule has 1 fully saturated rings. The van der Waals surface area contributed by atoms with Gasteiger partial charge in [-0.2, -0.15) is 13.2 Å². The molecule has 176 valence electrons. The van der Waals surface area contributed by atoms with E-state index in [1.54, 1.807) is 44.2 Å². The summed E-state index contributed by atoms with van der Waals surface area (Å²) in [5.74, 6) is 0.180. The van der Waals surface area contributed by atoms with Gasteiger partial charge in [0.05, 0.1) is 12.0 Å². The molecule has 4 nitrogen and oxygen atoms in total. The van der Waals surface area contributed by atoms with Crippen LogP contribution in [0.25, 0.3) is 10.8 Å². The Balaban J connectivity index is 1.84. The zero-order valence-corrected chi connectivity index (χ0v) is 19.1. The van der Waals surface area contributed by atoms with Gasteiger partial charge < -0.3 is 4.74 Å². The molecule has 1 N–H and O–H groups in total. The van der Waals surface area contributed by atoms with Crippen molar-refractivity contribution in [2.24, 2.45) is 5.41 Å². The maximum Gasteiger partial charge on any atom is 0.409 e. The van der Waals surface area contributed by atoms with Crippen molar-refractivity contribution >= 4 is 16.7 Å². The minimum Gasteiger partial charge on any atom is -0.493 e. The Morgan fingerprint density at radius 3 is 2.31 bits per heavy atom. The van der Waals surface area contributed by atoms with Crippen LogP contribution in [0.1, 0.15) is 70.9 Å². The number of unbranched alkanes of at least 4 members (excludes halogenated alkanes) is 5. The number of nitrogens with one attached hydrogen (secondary N) is 1. The van der Waals surface area contributed by atoms with Crippen LogP contribution >= 0.6 is 0 Å². The molecule has 1 heterocycles. The third kappa shape index (κ3) is 5.55. The van der Waals surface area contributed by atoms with E-state index in [-0.39, 0.29) is 12.1 Å². The van der Waals surface area contributed by atoms with Crippen molar-refractivity contribution in [2.75, 3.05) is 13.2 Å². The van der Waals surface area contributed by atoms with E-state index in [0.717, 1.165) is 17.9 Å². The second-order valence-corrected chi connectivity index (χ2v) is 9.21. The van der Waals surface area contributed by atoms with Crippen LogP contribution < -0.4 is 10.2 Å². The van der Waals surface area contributed by atoms with Crippen molar-refractivity contribution in [1.82, 2.24) is 10.4 Å². The van der Waals surface area contributed by atoms with Gasteiger partial charge in [0.25, 0.3) is 0 Å². The SMILES string of the molecule is CCCCCCCCOc1ccc([C@H](N2CC(C)(C)C(=O)N2)C(F)(F)F)c2ccccc12. The summed E-state index contributed by atoms with van der Waals surface area (Å²) in [5, 5.41) is 2.14. The van der Waals surface area contributed by atoms with Gasteiger partial charge in [-0.3, -0.25) is 10.2 Å². The number of nitrogens with zero attached hydrogens (tertiary/aromatic N) is 1. The number of alkyl halides is 3. The van der Waals surface area contributed by atoms with Gasteiger partial charge in [-0.05, 0) is 37.3 Å². The summed E-state index contributed by atoms with van der Waals surface area (Å²) in [6.45, 7) is 5.98. The van der Waals surface area contributed by atoms with E-state index < -0.39 is 23.5 Å². The van der Waals surface area contributed by atoms with Gasteiger partial charge >= 0.3 is 6.18 Å². The monoisotopic (exact) mass is 450 g/mol. The van der Waals surface area contributed by atoms with E-state index in [1.165, 1.54) is 31.7 Å². The van der Waals surface area contributed by atoms with Crippen LogP contribution in [0.4, 0.5) is 13.2 Å². The Kier molecular flexibility index (Phi) is 7.70. The zero-order valence-electron chi connectivity index (χ0n) is 19.1. The number of fused-ring (bicyclic) bond motifs is 1. The first kappa shape index (κ1) is 24.4. The fraction of sp³-hybridized carbons (Fsp3) is 0.560. The molecule has 1 saturated heterocycles. The van der Waals surface area contributed by atoms with Crippen molar-refractivity contribution in [2.45, 2.75) is 71.5 Å². The molecule has 0 spiro atoms. The number of ether oxygens (including phenoxy) is 1. The van der Waals surface area contributed by atoms with Crippen molar-refractivity contribution in [3.05, 3.63) is 42.0 Å². The van der Waals surface area contributed by atoms with Gasteiger partial charge in [0.2, 0.25) is 5.91 Å². The van der Waals surface area contributed by atoms with Crippen LogP contribution in [0, 0.1) is 5.41 Å². The molecule has 32 heavy (non-hydrogen) atoms. The highest BCUT2D eigenvalue weighted by Gasteiger charge is 2.51. The summed E-state index contributed by atoms with van der Waals surface area (Å²) in [6, 6.07) is 8.16. The number of hydrogen-bond acceptors (Lipinski definition) is 3. The Morgan fingerprint density at radius 1 is 1.03 bits per heavy atom. The van der Waals surface area contributed by atoms with E-state index >= 15 is 0 Å². The largest absolute Gasteiger partial charge is 0.493 e. The molecule has 0 unspecified atom stereocenters. The molecule has 0 bridgehead atoms. The first-order valence-corrected chi connectivity index (χ1v) is 11.4. The van der Waals surface area contributed by atoms with Crippen LogP contribution in [-0.4, -0.2) is 30.2 Å². The minimum atomic E-state index is -4.56. The predicted octanol–water partition coefficient (Wildman–Crippen LogP) is 6.56. The molecular weight excluding hydrogens is 417 g/mol. The maximum atomic E-state index is 14.2. The molecule has 1 atom stereocenters. The van der Waals surface area contributed by atoms with Gasteiger partial charge in [0.1, 0.15) is 5.75 Å². The summed E-state index contributed by atoms with van der Waals surface area (Å²) in [6.07, 6.45) is 2.26. The lowest BCUT2D eigenvalue weighted by atomic mass is 9.93. The molecule has 2 aromatic carbocycles. The van der Waals surface area contributed by atoms with Gasteiger partial charge in [-0.15, -0.1) is 0 Å². The molecule has 2 aromatic rings. The summed E-state index contributed by atoms with van der Waals surface area (Å²) in [5.41, 5.74) is 1.65. The topological polar surface area (TPSA) is 41.6 Å². The second-order valence-electron chi connectivity index (χ2n) is 9.21. The van der Waals surface area contributed by atoms with Crippen LogP contribution in [0.2, 0.25) is 0 Å². The lowest BCUT2D eigenvalue weighted by Crippen LogP contribution is -2.43. The third-order valence-electron chi connectivity index (χ3n) is 6.02. The molecule has 7 heteroatoms. The zero-order chi connectivity index (χ0) is 23.4. The van der Waals surface area contributed by atoms with Crippen molar-refractivity contribution < 1.29 is 22.7 Å². The number of benzene rings is 2. The van der Waals surface area contributed by atoms with Gasteiger partial charge in [-0.25, -0.2) is 5.01 Å². The van der Waals surface area contributed by atoms with Crippen LogP contribution in [0.15, 0.2) is 36.4 Å². The van der Waals surface area contributed by atoms with Gasteiger partial charge in [0.15, 0.2) is 6.04 Å². The Bertz CT molecular complexity index is 927. The normalized spacial score (nSPS) is 17.5. The number of halogens is 3. The molecule has 3 rings (SSSR count). The number of rotatable bonds is 10. The number of carbonyl (C=O) groups excluding carboxylic acids is 1. The van der Waals surface area contributed by atoms with Crippen molar-refractivity contribution in [3.8, 4) is 5.75 Å². The van der Waals surface area contributed by atoms with Crippen molar-refractivity contribution in [3.63, 3.8) is 0 Å². The molecule has 0 radical (unpaired) electrons. The highest BCUT2D eigenvalue weighted by molar-refractivity contribution is 5.91. The van der Waals surface area contributed by atoms with E-state index in [2.05, 4.69) is 12.3 Å². The number of hydrazine groups is 1. The van der Waals surface area contributed by atoms with Crippen LogP contribution in [0.5, 0.6) is 5.75 Å². The molecule has 0 aromatic heterocycles. The fourth-order valence-corrected chi connectivity index (χ4v) is 4.22. The lowest BCUT2D eigenvalue weighted by molar-refractivity contribution is -0.191. The molecule has 0 saturated carbocycles. The minimum absolute atomic E-state index is 0.0272. The Morgan fingerprint density at radius 2 is 1.69 bits per heavy atom.